The van der Waals surface area contributed by atoms with E-state index < -0.39 is 10.7 Å². The molecule has 2 aromatic rings. The molecule has 0 heterocycles. The van der Waals surface area contributed by atoms with Crippen LogP contribution in [0.1, 0.15) is 5.56 Å². The van der Waals surface area contributed by atoms with Crippen molar-refractivity contribution >= 4 is 29.2 Å². The lowest BCUT2D eigenvalue weighted by Gasteiger charge is -2.01. The molecule has 0 bridgehead atoms. The maximum Gasteiger partial charge on any atom is 0.269 e. The smallest absolute Gasteiger partial charge is 0.269 e. The lowest BCUT2D eigenvalue weighted by molar-refractivity contribution is -0.384. The molecule has 5 nitrogen and oxygen atoms in total. The summed E-state index contributed by atoms with van der Waals surface area (Å²) in [5, 5.41) is 14.6. The summed E-state index contributed by atoms with van der Waals surface area (Å²) in [5.41, 5.74) is 3.33. The Morgan fingerprint density at radius 1 is 1.25 bits per heavy atom. The van der Waals surface area contributed by atoms with Crippen molar-refractivity contribution in [3.05, 3.63) is 69.0 Å². The summed E-state index contributed by atoms with van der Waals surface area (Å²) in [6.45, 7) is 0. The van der Waals surface area contributed by atoms with E-state index in [4.69, 9.17) is 11.6 Å². The number of hydrogen-bond donors (Lipinski definition) is 1. The lowest BCUT2D eigenvalue weighted by Crippen LogP contribution is -1.94. The fourth-order valence-electron chi connectivity index (χ4n) is 1.46. The van der Waals surface area contributed by atoms with Crippen molar-refractivity contribution in [3.8, 4) is 0 Å². The van der Waals surface area contributed by atoms with Crippen molar-refractivity contribution in [2.24, 2.45) is 5.10 Å². The highest BCUT2D eigenvalue weighted by molar-refractivity contribution is 6.33. The first-order chi connectivity index (χ1) is 9.58. The summed E-state index contributed by atoms with van der Waals surface area (Å²) in [6.07, 6.45) is 1.25. The number of hydrogen-bond acceptors (Lipinski definition) is 4. The minimum atomic E-state index is -0.494. The number of non-ortho nitro benzene ring substituents is 1. The molecule has 0 saturated heterocycles. The third kappa shape index (κ3) is 3.30. The second-order valence-corrected chi connectivity index (χ2v) is 4.22. The molecule has 0 aromatic heterocycles. The molecular weight excluding hydrogens is 285 g/mol. The molecular formula is C13H9ClFN3O2. The van der Waals surface area contributed by atoms with Gasteiger partial charge in [0.2, 0.25) is 0 Å². The Bertz CT molecular complexity index is 639. The van der Waals surface area contributed by atoms with E-state index in [0.29, 0.717) is 5.69 Å². The molecule has 0 unspecified atom stereocenters. The first-order valence-corrected chi connectivity index (χ1v) is 5.93. The van der Waals surface area contributed by atoms with Gasteiger partial charge in [0, 0.05) is 17.7 Å². The van der Waals surface area contributed by atoms with Crippen LogP contribution in [0.15, 0.2) is 47.6 Å². The number of nitro groups is 1. The highest BCUT2D eigenvalue weighted by Crippen LogP contribution is 2.18. The zero-order valence-electron chi connectivity index (χ0n) is 10.1. The summed E-state index contributed by atoms with van der Waals surface area (Å²) in [6, 6.07) is 10.0. The predicted molar refractivity (Wildman–Crippen MR) is 75.7 cm³/mol. The van der Waals surface area contributed by atoms with Gasteiger partial charge < -0.3 is 0 Å². The van der Waals surface area contributed by atoms with Gasteiger partial charge in [0.25, 0.3) is 5.69 Å². The maximum atomic E-state index is 13.4. The van der Waals surface area contributed by atoms with Crippen LogP contribution in [-0.2, 0) is 0 Å². The summed E-state index contributed by atoms with van der Waals surface area (Å²) < 4.78 is 13.4. The third-order valence-electron chi connectivity index (χ3n) is 2.47. The van der Waals surface area contributed by atoms with Gasteiger partial charge in [-0.3, -0.25) is 15.5 Å². The van der Waals surface area contributed by atoms with Gasteiger partial charge >= 0.3 is 0 Å². The van der Waals surface area contributed by atoms with E-state index in [9.17, 15) is 14.5 Å². The second kappa shape index (κ2) is 6.12. The van der Waals surface area contributed by atoms with Gasteiger partial charge in [-0.25, -0.2) is 4.39 Å². The van der Waals surface area contributed by atoms with Crippen molar-refractivity contribution in [1.82, 2.24) is 0 Å². The SMILES string of the molecule is O=[N+]([O-])c1ccc(N/N=C/c2c(F)cccc2Cl)cc1. The van der Waals surface area contributed by atoms with E-state index in [0.717, 1.165) is 0 Å². The number of halogens is 2. The molecule has 2 aromatic carbocycles. The van der Waals surface area contributed by atoms with Crippen LogP contribution >= 0.6 is 11.6 Å². The van der Waals surface area contributed by atoms with E-state index in [2.05, 4.69) is 10.5 Å². The molecule has 0 aliphatic heterocycles. The van der Waals surface area contributed by atoms with Crippen molar-refractivity contribution < 1.29 is 9.31 Å². The molecule has 2 rings (SSSR count). The molecule has 102 valence electrons. The largest absolute Gasteiger partial charge is 0.278 e. The van der Waals surface area contributed by atoms with Gasteiger partial charge in [0.05, 0.1) is 21.8 Å². The zero-order valence-corrected chi connectivity index (χ0v) is 10.8. The molecule has 0 aliphatic carbocycles. The van der Waals surface area contributed by atoms with Crippen molar-refractivity contribution in [2.45, 2.75) is 0 Å². The molecule has 20 heavy (non-hydrogen) atoms. The normalized spacial score (nSPS) is 10.7. The number of benzene rings is 2. The Hall–Kier alpha value is -2.47. The molecule has 0 radical (unpaired) electrons. The molecule has 0 amide bonds. The first-order valence-electron chi connectivity index (χ1n) is 5.55. The van der Waals surface area contributed by atoms with E-state index in [-0.39, 0.29) is 16.3 Å². The molecule has 1 N–H and O–H groups in total. The average Bonchev–Trinajstić information content (AvgIpc) is 2.42. The molecule has 0 saturated carbocycles. The van der Waals surface area contributed by atoms with E-state index in [1.165, 1.54) is 42.6 Å². The monoisotopic (exact) mass is 293 g/mol. The van der Waals surface area contributed by atoms with Crippen LogP contribution in [0.3, 0.4) is 0 Å². The van der Waals surface area contributed by atoms with Crippen molar-refractivity contribution in [2.75, 3.05) is 5.43 Å². The predicted octanol–water partition coefficient (Wildman–Crippen LogP) is 3.83. The first kappa shape index (κ1) is 14.0. The standard InChI is InChI=1S/C13H9ClFN3O2/c14-12-2-1-3-13(15)11(12)8-16-17-9-4-6-10(7-5-9)18(19)20/h1-8,17H/b16-8+. The number of nitrogens with one attached hydrogen (secondary N) is 1. The number of hydrazone groups is 1. The zero-order chi connectivity index (χ0) is 14.5. The number of anilines is 1. The van der Waals surface area contributed by atoms with Gasteiger partial charge in [-0.05, 0) is 24.3 Å². The van der Waals surface area contributed by atoms with Crippen LogP contribution in [0, 0.1) is 15.9 Å². The van der Waals surface area contributed by atoms with Gasteiger partial charge in [-0.15, -0.1) is 0 Å². The highest BCUT2D eigenvalue weighted by Gasteiger charge is 2.04. The number of nitrogens with zero attached hydrogens (tertiary/aromatic N) is 2. The summed E-state index contributed by atoms with van der Waals surface area (Å²) in [5.74, 6) is -0.480. The third-order valence-corrected chi connectivity index (χ3v) is 2.79. The number of rotatable bonds is 4. The minimum absolute atomic E-state index is 0.0170. The Morgan fingerprint density at radius 3 is 2.55 bits per heavy atom. The van der Waals surface area contributed by atoms with Gasteiger partial charge in [0.1, 0.15) is 5.82 Å². The minimum Gasteiger partial charge on any atom is -0.278 e. The molecule has 7 heteroatoms. The van der Waals surface area contributed by atoms with Gasteiger partial charge in [-0.1, -0.05) is 17.7 Å². The van der Waals surface area contributed by atoms with Crippen LogP contribution in [0.2, 0.25) is 5.02 Å². The quantitative estimate of drug-likeness (QED) is 0.529. The molecule has 0 atom stereocenters. The molecule has 0 fully saturated rings. The fraction of sp³-hybridized carbons (Fsp3) is 0. The Kier molecular flexibility index (Phi) is 4.27. The fourth-order valence-corrected chi connectivity index (χ4v) is 1.67. The average molecular weight is 294 g/mol. The van der Waals surface area contributed by atoms with Crippen LogP contribution in [0.5, 0.6) is 0 Å². The van der Waals surface area contributed by atoms with Crippen LogP contribution in [0.4, 0.5) is 15.8 Å². The van der Waals surface area contributed by atoms with Crippen molar-refractivity contribution in [3.63, 3.8) is 0 Å². The Balaban J connectivity index is 2.08. The Morgan fingerprint density at radius 2 is 1.95 bits per heavy atom. The summed E-state index contributed by atoms with van der Waals surface area (Å²) >= 11 is 5.83. The van der Waals surface area contributed by atoms with Crippen LogP contribution in [-0.4, -0.2) is 11.1 Å². The lowest BCUT2D eigenvalue weighted by atomic mass is 10.2. The van der Waals surface area contributed by atoms with Gasteiger partial charge in [0.15, 0.2) is 0 Å². The van der Waals surface area contributed by atoms with Crippen LogP contribution in [0.25, 0.3) is 0 Å². The Labute approximate surface area is 118 Å². The molecule has 0 aliphatic rings. The number of nitro benzene ring substituents is 1. The topological polar surface area (TPSA) is 67.5 Å². The highest BCUT2D eigenvalue weighted by atomic mass is 35.5. The van der Waals surface area contributed by atoms with Gasteiger partial charge in [-0.2, -0.15) is 5.10 Å². The van der Waals surface area contributed by atoms with E-state index in [1.54, 1.807) is 6.07 Å². The van der Waals surface area contributed by atoms with E-state index in [1.807, 2.05) is 0 Å². The summed E-state index contributed by atoms with van der Waals surface area (Å²) in [4.78, 5) is 9.99. The molecule has 0 spiro atoms. The summed E-state index contributed by atoms with van der Waals surface area (Å²) in [7, 11) is 0. The second-order valence-electron chi connectivity index (χ2n) is 3.81. The maximum absolute atomic E-state index is 13.4. The van der Waals surface area contributed by atoms with Crippen molar-refractivity contribution in [1.29, 1.82) is 0 Å². The van der Waals surface area contributed by atoms with E-state index >= 15 is 0 Å². The van der Waals surface area contributed by atoms with Crippen LogP contribution < -0.4 is 5.43 Å².